The Morgan fingerprint density at radius 3 is 2.38 bits per heavy atom. The molecule has 1 saturated carbocycles. The average molecular weight is 283 g/mol. The van der Waals surface area contributed by atoms with Gasteiger partial charge in [-0.25, -0.2) is 0 Å². The van der Waals surface area contributed by atoms with E-state index in [2.05, 4.69) is 0 Å². The van der Waals surface area contributed by atoms with Crippen LogP contribution in [0, 0.1) is 5.92 Å². The molecule has 0 saturated heterocycles. The lowest BCUT2D eigenvalue weighted by Crippen LogP contribution is -2.27. The maximum absolute atomic E-state index is 9.76. The molecule has 5 heteroatoms. The van der Waals surface area contributed by atoms with Gasteiger partial charge in [-0.2, -0.15) is 0 Å². The first kappa shape index (κ1) is 13.9. The molecular weight excluding hydrogens is 268 g/mol. The van der Waals surface area contributed by atoms with Gasteiger partial charge in [0, 0.05) is 16.6 Å². The molecule has 0 aliphatic heterocycles. The van der Waals surface area contributed by atoms with Crippen molar-refractivity contribution in [2.75, 3.05) is 0 Å². The van der Waals surface area contributed by atoms with E-state index in [9.17, 15) is 5.11 Å². The van der Waals surface area contributed by atoms with E-state index in [1.807, 2.05) is 0 Å². The van der Waals surface area contributed by atoms with Crippen molar-refractivity contribution in [2.45, 2.75) is 25.3 Å². The van der Waals surface area contributed by atoms with Crippen LogP contribution in [0.2, 0.25) is 10.0 Å². The van der Waals surface area contributed by atoms with Crippen molar-refractivity contribution < 1.29 is 5.11 Å². The van der Waals surface area contributed by atoms with Crippen LogP contribution in [-0.4, -0.2) is 5.11 Å². The van der Waals surface area contributed by atoms with Crippen LogP contribution in [0.15, 0.2) is 12.1 Å². The summed E-state index contributed by atoms with van der Waals surface area (Å²) in [5, 5.41) is 10.7. The Kier molecular flexibility index (Phi) is 4.74. The van der Waals surface area contributed by atoms with E-state index in [1.165, 1.54) is 12.5 Å². The number of nitrogens with two attached hydrogens (primary N) is 1. The number of phenolic OH excluding ortho intramolecular Hbond substituents is 1. The molecular formula is C11H14Cl3NO. The van der Waals surface area contributed by atoms with Crippen LogP contribution in [0.3, 0.4) is 0 Å². The summed E-state index contributed by atoms with van der Waals surface area (Å²) < 4.78 is 0. The van der Waals surface area contributed by atoms with E-state index < -0.39 is 0 Å². The molecule has 0 heterocycles. The van der Waals surface area contributed by atoms with Crippen molar-refractivity contribution in [3.8, 4) is 5.75 Å². The number of phenols is 1. The van der Waals surface area contributed by atoms with E-state index in [-0.39, 0.29) is 24.2 Å². The first-order valence-electron chi connectivity index (χ1n) is 5.03. The molecule has 1 aromatic carbocycles. The van der Waals surface area contributed by atoms with Crippen LogP contribution in [0.4, 0.5) is 0 Å². The lowest BCUT2D eigenvalue weighted by molar-refractivity contribution is 0.260. The molecule has 1 atom stereocenters. The van der Waals surface area contributed by atoms with Gasteiger partial charge in [0.15, 0.2) is 0 Å². The predicted molar refractivity (Wildman–Crippen MR) is 69.6 cm³/mol. The molecule has 1 aliphatic carbocycles. The Hall–Kier alpha value is -0.150. The Labute approximate surface area is 111 Å². The van der Waals surface area contributed by atoms with Gasteiger partial charge < -0.3 is 10.8 Å². The van der Waals surface area contributed by atoms with Gasteiger partial charge in [-0.05, 0) is 30.9 Å². The normalized spacial score (nSPS) is 17.4. The van der Waals surface area contributed by atoms with Gasteiger partial charge in [0.1, 0.15) is 5.75 Å². The molecule has 1 aliphatic rings. The van der Waals surface area contributed by atoms with Crippen molar-refractivity contribution in [1.29, 1.82) is 0 Å². The molecule has 2 nitrogen and oxygen atoms in total. The molecule has 0 spiro atoms. The van der Waals surface area contributed by atoms with Gasteiger partial charge in [0.25, 0.3) is 0 Å². The van der Waals surface area contributed by atoms with Crippen molar-refractivity contribution in [1.82, 2.24) is 0 Å². The predicted octanol–water partition coefficient (Wildman–Crippen LogP) is 3.92. The fourth-order valence-electron chi connectivity index (χ4n) is 1.94. The number of hydrogen-bond donors (Lipinski definition) is 2. The Balaban J connectivity index is 0.00000128. The number of halogens is 3. The molecule has 0 amide bonds. The molecule has 1 fully saturated rings. The maximum Gasteiger partial charge on any atom is 0.123 e. The summed E-state index contributed by atoms with van der Waals surface area (Å²) in [7, 11) is 0. The highest BCUT2D eigenvalue weighted by Crippen LogP contribution is 2.42. The third kappa shape index (κ3) is 2.57. The van der Waals surface area contributed by atoms with Crippen LogP contribution in [0.5, 0.6) is 5.75 Å². The van der Waals surface area contributed by atoms with Crippen LogP contribution in [0.25, 0.3) is 0 Å². The van der Waals surface area contributed by atoms with E-state index >= 15 is 0 Å². The second-order valence-corrected chi connectivity index (χ2v) is 4.88. The first-order chi connectivity index (χ1) is 7.09. The van der Waals surface area contributed by atoms with Crippen LogP contribution < -0.4 is 5.73 Å². The number of rotatable bonds is 2. The molecule has 3 N–H and O–H groups in total. The highest BCUT2D eigenvalue weighted by atomic mass is 35.5. The summed E-state index contributed by atoms with van der Waals surface area (Å²) in [5.74, 6) is 0.543. The molecule has 2 rings (SSSR count). The quantitative estimate of drug-likeness (QED) is 0.863. The summed E-state index contributed by atoms with van der Waals surface area (Å²) in [6, 6.07) is 2.93. The third-order valence-electron chi connectivity index (χ3n) is 3.06. The zero-order valence-electron chi connectivity index (χ0n) is 8.62. The number of benzene rings is 1. The second kappa shape index (κ2) is 5.46. The number of hydrogen-bond acceptors (Lipinski definition) is 2. The Morgan fingerprint density at radius 1 is 1.31 bits per heavy atom. The lowest BCUT2D eigenvalue weighted by atomic mass is 9.77. The van der Waals surface area contributed by atoms with Gasteiger partial charge in [0.05, 0.1) is 5.02 Å². The third-order valence-corrected chi connectivity index (χ3v) is 3.59. The highest BCUT2D eigenvalue weighted by molar-refractivity contribution is 6.35. The zero-order chi connectivity index (χ0) is 11.0. The fourth-order valence-corrected chi connectivity index (χ4v) is 2.54. The average Bonchev–Trinajstić information content (AvgIpc) is 1.97. The Morgan fingerprint density at radius 2 is 1.94 bits per heavy atom. The molecule has 1 aromatic rings. The van der Waals surface area contributed by atoms with Gasteiger partial charge in [0.2, 0.25) is 0 Å². The largest absolute Gasteiger partial charge is 0.508 e. The smallest absolute Gasteiger partial charge is 0.123 e. The maximum atomic E-state index is 9.76. The van der Waals surface area contributed by atoms with Crippen molar-refractivity contribution in [3.05, 3.63) is 27.7 Å². The monoisotopic (exact) mass is 281 g/mol. The molecule has 90 valence electrons. The van der Waals surface area contributed by atoms with Crippen LogP contribution in [-0.2, 0) is 0 Å². The van der Waals surface area contributed by atoms with Crippen molar-refractivity contribution >= 4 is 35.6 Å². The fraction of sp³-hybridized carbons (Fsp3) is 0.455. The van der Waals surface area contributed by atoms with Crippen LogP contribution >= 0.6 is 35.6 Å². The SMILES string of the molecule is Cl.N[C@H](c1c(O)cc(Cl)cc1Cl)C1CCC1. The summed E-state index contributed by atoms with van der Waals surface area (Å²) >= 11 is 11.8. The summed E-state index contributed by atoms with van der Waals surface area (Å²) in [4.78, 5) is 0. The summed E-state index contributed by atoms with van der Waals surface area (Å²) in [5.41, 5.74) is 6.69. The van der Waals surface area contributed by atoms with Gasteiger partial charge in [-0.15, -0.1) is 12.4 Å². The van der Waals surface area contributed by atoms with E-state index in [0.717, 1.165) is 12.8 Å². The number of aromatic hydroxyl groups is 1. The molecule has 0 unspecified atom stereocenters. The molecule has 16 heavy (non-hydrogen) atoms. The van der Waals surface area contributed by atoms with E-state index in [0.29, 0.717) is 21.5 Å². The summed E-state index contributed by atoms with van der Waals surface area (Å²) in [6.07, 6.45) is 3.43. The standard InChI is InChI=1S/C11H13Cl2NO.ClH/c12-7-4-8(13)10(9(15)5-7)11(14)6-2-1-3-6;/h4-6,11,15H,1-3,14H2;1H/t11-;/m0./s1. The van der Waals surface area contributed by atoms with E-state index in [1.54, 1.807) is 6.07 Å². The zero-order valence-corrected chi connectivity index (χ0v) is 10.9. The minimum Gasteiger partial charge on any atom is -0.508 e. The minimum atomic E-state index is -0.177. The first-order valence-corrected chi connectivity index (χ1v) is 5.78. The van der Waals surface area contributed by atoms with Crippen molar-refractivity contribution in [2.24, 2.45) is 11.7 Å². The summed E-state index contributed by atoms with van der Waals surface area (Å²) in [6.45, 7) is 0. The highest BCUT2D eigenvalue weighted by Gasteiger charge is 2.28. The van der Waals surface area contributed by atoms with Gasteiger partial charge >= 0.3 is 0 Å². The van der Waals surface area contributed by atoms with Gasteiger partial charge in [-0.3, -0.25) is 0 Å². The molecule has 0 bridgehead atoms. The molecule has 0 radical (unpaired) electrons. The molecule has 0 aromatic heterocycles. The Bertz CT molecular complexity index is 356. The lowest BCUT2D eigenvalue weighted by Gasteiger charge is -2.32. The topological polar surface area (TPSA) is 46.2 Å². The van der Waals surface area contributed by atoms with Gasteiger partial charge in [-0.1, -0.05) is 29.6 Å². The second-order valence-electron chi connectivity index (χ2n) is 4.04. The van der Waals surface area contributed by atoms with Crippen molar-refractivity contribution in [3.63, 3.8) is 0 Å². The van der Waals surface area contributed by atoms with Crippen LogP contribution in [0.1, 0.15) is 30.9 Å². The van der Waals surface area contributed by atoms with E-state index in [4.69, 9.17) is 28.9 Å². The minimum absolute atomic E-state index is 0.